The Hall–Kier alpha value is -1.79. The fraction of sp³-hybridized carbons (Fsp3) is 0.611. The van der Waals surface area contributed by atoms with Crippen molar-refractivity contribution < 1.29 is 24.3 Å². The smallest absolute Gasteiger partial charge is 0.255 e. The van der Waals surface area contributed by atoms with Gasteiger partial charge in [-0.25, -0.2) is 0 Å². The van der Waals surface area contributed by atoms with Gasteiger partial charge in [0.05, 0.1) is 19.1 Å². The summed E-state index contributed by atoms with van der Waals surface area (Å²) in [6.45, 7) is 4.81. The third-order valence-corrected chi connectivity index (χ3v) is 4.80. The number of piperidine rings is 1. The molecule has 0 aliphatic carbocycles. The second-order valence-electron chi connectivity index (χ2n) is 6.74. The SMILES string of the molecule is C[C@@H](NC(=O)[C@H](O)C[NH+]1CCCCC1)[C@H]1COc2ccccc2O1. The molecule has 1 saturated heterocycles. The summed E-state index contributed by atoms with van der Waals surface area (Å²) in [5, 5.41) is 13.0. The molecule has 2 heterocycles. The summed E-state index contributed by atoms with van der Waals surface area (Å²) >= 11 is 0. The summed E-state index contributed by atoms with van der Waals surface area (Å²) in [4.78, 5) is 13.6. The van der Waals surface area contributed by atoms with Gasteiger partial charge in [0.1, 0.15) is 13.2 Å². The molecule has 2 aliphatic heterocycles. The first-order chi connectivity index (χ1) is 11.6. The van der Waals surface area contributed by atoms with E-state index in [1.807, 2.05) is 31.2 Å². The van der Waals surface area contributed by atoms with Crippen LogP contribution >= 0.6 is 0 Å². The first kappa shape index (κ1) is 17.0. The van der Waals surface area contributed by atoms with E-state index in [0.717, 1.165) is 18.8 Å². The second kappa shape index (κ2) is 7.85. The summed E-state index contributed by atoms with van der Waals surface area (Å²) in [7, 11) is 0. The average molecular weight is 335 g/mol. The normalized spacial score (nSPS) is 23.3. The molecule has 3 N–H and O–H groups in total. The van der Waals surface area contributed by atoms with Gasteiger partial charge in [-0.15, -0.1) is 0 Å². The van der Waals surface area contributed by atoms with Gasteiger partial charge in [-0.3, -0.25) is 4.79 Å². The standard InChI is InChI=1S/C18H26N2O4/c1-13(17-12-23-15-7-3-4-8-16(15)24-17)19-18(22)14(21)11-20-9-5-2-6-10-20/h3-4,7-8,13-14,17,21H,2,5-6,9-12H2,1H3,(H,19,22)/p+1/t13-,14-,17-/m1/s1. The molecule has 2 aliphatic rings. The van der Waals surface area contributed by atoms with Crippen LogP contribution in [-0.4, -0.2) is 55.5 Å². The number of ether oxygens (including phenoxy) is 2. The first-order valence-corrected chi connectivity index (χ1v) is 8.84. The molecule has 6 nitrogen and oxygen atoms in total. The summed E-state index contributed by atoms with van der Waals surface area (Å²) in [5.41, 5.74) is 0. The summed E-state index contributed by atoms with van der Waals surface area (Å²) in [6.07, 6.45) is 2.36. The third-order valence-electron chi connectivity index (χ3n) is 4.80. The monoisotopic (exact) mass is 335 g/mol. The summed E-state index contributed by atoms with van der Waals surface area (Å²) in [5.74, 6) is 1.08. The molecule has 0 aromatic heterocycles. The van der Waals surface area contributed by atoms with Gasteiger partial charge >= 0.3 is 0 Å². The second-order valence-corrected chi connectivity index (χ2v) is 6.74. The van der Waals surface area contributed by atoms with Crippen molar-refractivity contribution in [2.45, 2.75) is 44.4 Å². The van der Waals surface area contributed by atoms with E-state index >= 15 is 0 Å². The van der Waals surface area contributed by atoms with Gasteiger partial charge in [0, 0.05) is 0 Å². The Kier molecular flexibility index (Phi) is 5.58. The van der Waals surface area contributed by atoms with Gasteiger partial charge < -0.3 is 24.8 Å². The van der Waals surface area contributed by atoms with E-state index in [1.54, 1.807) is 0 Å². The minimum absolute atomic E-state index is 0.239. The fourth-order valence-corrected chi connectivity index (χ4v) is 3.32. The molecule has 3 atom stereocenters. The number of quaternary nitrogens is 1. The highest BCUT2D eigenvalue weighted by Gasteiger charge is 2.30. The Balaban J connectivity index is 1.49. The van der Waals surface area contributed by atoms with E-state index in [-0.39, 0.29) is 18.1 Å². The molecule has 0 unspecified atom stereocenters. The number of nitrogens with one attached hydrogen (secondary N) is 2. The molecular formula is C18H27N2O4+. The van der Waals surface area contributed by atoms with Crippen molar-refractivity contribution in [2.75, 3.05) is 26.2 Å². The molecule has 3 rings (SSSR count). The number of hydrogen-bond acceptors (Lipinski definition) is 4. The van der Waals surface area contributed by atoms with E-state index in [1.165, 1.54) is 24.2 Å². The molecule has 132 valence electrons. The maximum atomic E-state index is 12.2. The van der Waals surface area contributed by atoms with Crippen LogP contribution in [0, 0.1) is 0 Å². The van der Waals surface area contributed by atoms with Crippen molar-refractivity contribution in [3.63, 3.8) is 0 Å². The number of rotatable bonds is 5. The average Bonchev–Trinajstić information content (AvgIpc) is 2.62. The lowest BCUT2D eigenvalue weighted by Gasteiger charge is -2.31. The van der Waals surface area contributed by atoms with Crippen molar-refractivity contribution in [3.05, 3.63) is 24.3 Å². The lowest BCUT2D eigenvalue weighted by Crippen LogP contribution is -3.14. The van der Waals surface area contributed by atoms with Gasteiger partial charge in [-0.05, 0) is 38.3 Å². The Bertz CT molecular complexity index is 560. The molecular weight excluding hydrogens is 308 g/mol. The van der Waals surface area contributed by atoms with Crippen LogP contribution in [-0.2, 0) is 4.79 Å². The molecule has 1 aromatic carbocycles. The molecule has 0 radical (unpaired) electrons. The van der Waals surface area contributed by atoms with Crippen LogP contribution in [0.15, 0.2) is 24.3 Å². The predicted molar refractivity (Wildman–Crippen MR) is 89.4 cm³/mol. The predicted octanol–water partition coefficient (Wildman–Crippen LogP) is -0.239. The molecule has 1 aromatic rings. The van der Waals surface area contributed by atoms with Crippen molar-refractivity contribution in [1.29, 1.82) is 0 Å². The van der Waals surface area contributed by atoms with Crippen LogP contribution in [0.5, 0.6) is 11.5 Å². The molecule has 0 saturated carbocycles. The van der Waals surface area contributed by atoms with Crippen molar-refractivity contribution in [3.8, 4) is 11.5 Å². The summed E-state index contributed by atoms with van der Waals surface area (Å²) < 4.78 is 11.6. The Morgan fingerprint density at radius 2 is 2.00 bits per heavy atom. The maximum absolute atomic E-state index is 12.2. The molecule has 0 bridgehead atoms. The van der Waals surface area contributed by atoms with Crippen LogP contribution in [0.1, 0.15) is 26.2 Å². The number of aliphatic hydroxyl groups is 1. The minimum Gasteiger partial charge on any atom is -0.486 e. The lowest BCUT2D eigenvalue weighted by molar-refractivity contribution is -0.906. The van der Waals surface area contributed by atoms with Crippen LogP contribution in [0.25, 0.3) is 0 Å². The number of carbonyl (C=O) groups is 1. The molecule has 1 fully saturated rings. The van der Waals surface area contributed by atoms with Gasteiger partial charge in [0.2, 0.25) is 0 Å². The number of aliphatic hydroxyl groups excluding tert-OH is 1. The first-order valence-electron chi connectivity index (χ1n) is 8.84. The van der Waals surface area contributed by atoms with E-state index in [2.05, 4.69) is 5.32 Å². The van der Waals surface area contributed by atoms with Gasteiger partial charge in [0.15, 0.2) is 23.7 Å². The zero-order chi connectivity index (χ0) is 16.9. The quantitative estimate of drug-likeness (QED) is 0.695. The number of hydrogen-bond donors (Lipinski definition) is 3. The van der Waals surface area contributed by atoms with Gasteiger partial charge in [-0.2, -0.15) is 0 Å². The lowest BCUT2D eigenvalue weighted by atomic mass is 10.1. The highest BCUT2D eigenvalue weighted by molar-refractivity contribution is 5.80. The third kappa shape index (κ3) is 4.19. The fourth-order valence-electron chi connectivity index (χ4n) is 3.32. The number of benzene rings is 1. The highest BCUT2D eigenvalue weighted by atomic mass is 16.6. The Labute approximate surface area is 142 Å². The minimum atomic E-state index is -0.975. The number of fused-ring (bicyclic) bond motifs is 1. The number of para-hydroxylation sites is 2. The van der Waals surface area contributed by atoms with Crippen LogP contribution < -0.4 is 19.7 Å². The summed E-state index contributed by atoms with van der Waals surface area (Å²) in [6, 6.07) is 7.26. The molecule has 1 amide bonds. The number of carbonyl (C=O) groups excluding carboxylic acids is 1. The van der Waals surface area contributed by atoms with Gasteiger partial charge in [-0.1, -0.05) is 12.1 Å². The topological polar surface area (TPSA) is 72.2 Å². The Morgan fingerprint density at radius 1 is 1.29 bits per heavy atom. The van der Waals surface area contributed by atoms with Crippen molar-refractivity contribution in [2.24, 2.45) is 0 Å². The maximum Gasteiger partial charge on any atom is 0.255 e. The van der Waals surface area contributed by atoms with Crippen LogP contribution in [0.4, 0.5) is 0 Å². The van der Waals surface area contributed by atoms with Gasteiger partial charge in [0.25, 0.3) is 5.91 Å². The molecule has 6 heteroatoms. The molecule has 24 heavy (non-hydrogen) atoms. The zero-order valence-corrected chi connectivity index (χ0v) is 14.2. The van der Waals surface area contributed by atoms with Crippen molar-refractivity contribution >= 4 is 5.91 Å². The van der Waals surface area contributed by atoms with Crippen molar-refractivity contribution in [1.82, 2.24) is 5.32 Å². The Morgan fingerprint density at radius 3 is 2.75 bits per heavy atom. The van der Waals surface area contributed by atoms with E-state index < -0.39 is 6.10 Å². The number of likely N-dealkylation sites (tertiary alicyclic amines) is 1. The largest absolute Gasteiger partial charge is 0.486 e. The van der Waals surface area contributed by atoms with E-state index in [9.17, 15) is 9.90 Å². The number of amides is 1. The van der Waals surface area contributed by atoms with E-state index in [4.69, 9.17) is 9.47 Å². The molecule has 0 spiro atoms. The highest BCUT2D eigenvalue weighted by Crippen LogP contribution is 2.31. The van der Waals surface area contributed by atoms with Crippen LogP contribution in [0.2, 0.25) is 0 Å². The van der Waals surface area contributed by atoms with E-state index in [0.29, 0.717) is 18.9 Å². The van der Waals surface area contributed by atoms with Crippen LogP contribution in [0.3, 0.4) is 0 Å². The zero-order valence-electron chi connectivity index (χ0n) is 14.2.